The number of rotatable bonds is 10. The second-order valence-electron chi connectivity index (χ2n) is 9.08. The Morgan fingerprint density at radius 2 is 1.31 bits per heavy atom. The minimum absolute atomic E-state index is 0.320. The van der Waals surface area contributed by atoms with Crippen LogP contribution in [0.1, 0.15) is 73.6 Å². The van der Waals surface area contributed by atoms with E-state index in [2.05, 4.69) is 41.5 Å². The molecule has 7 heteroatoms. The molecule has 156 valence electrons. The Morgan fingerprint density at radius 3 is 1.69 bits per heavy atom. The Balaban J connectivity index is 0. The van der Waals surface area contributed by atoms with Gasteiger partial charge in [-0.2, -0.15) is 11.8 Å². The van der Waals surface area contributed by atoms with Crippen molar-refractivity contribution in [1.29, 1.82) is 0 Å². The van der Waals surface area contributed by atoms with Gasteiger partial charge in [0.15, 0.2) is 0 Å². The van der Waals surface area contributed by atoms with Gasteiger partial charge < -0.3 is 21.7 Å². The Hall–Kier alpha value is -0.790. The van der Waals surface area contributed by atoms with Crippen molar-refractivity contribution in [2.45, 2.75) is 85.7 Å². The van der Waals surface area contributed by atoms with Gasteiger partial charge in [-0.15, -0.1) is 0 Å². The molecule has 0 bridgehead atoms. The van der Waals surface area contributed by atoms with Crippen LogP contribution in [0.5, 0.6) is 0 Å². The van der Waals surface area contributed by atoms with Crippen molar-refractivity contribution in [3.8, 4) is 0 Å². The molecule has 2 atom stereocenters. The largest absolute Gasteiger partial charge is 0.480 e. The average Bonchev–Trinajstić information content (AvgIpc) is 2.46. The van der Waals surface area contributed by atoms with E-state index in [-0.39, 0.29) is 0 Å². The number of hydrogen-bond acceptors (Lipinski definition) is 5. The van der Waals surface area contributed by atoms with Crippen LogP contribution in [-0.2, 0) is 9.59 Å². The fourth-order valence-corrected chi connectivity index (χ4v) is 3.12. The fourth-order valence-electron chi connectivity index (χ4n) is 1.80. The van der Waals surface area contributed by atoms with Gasteiger partial charge in [-0.05, 0) is 35.8 Å². The lowest BCUT2D eigenvalue weighted by Crippen LogP contribution is -2.32. The van der Waals surface area contributed by atoms with Crippen molar-refractivity contribution in [1.82, 2.24) is 0 Å². The van der Waals surface area contributed by atoms with Gasteiger partial charge in [-0.25, -0.2) is 0 Å². The Morgan fingerprint density at radius 1 is 0.846 bits per heavy atom. The number of unbranched alkanes of at least 4 members (excludes halogenated alkanes) is 1. The molecule has 0 aromatic rings. The first-order valence-corrected chi connectivity index (χ1v) is 10.4. The second kappa shape index (κ2) is 13.4. The number of nitrogens with two attached hydrogens (primary N) is 2. The highest BCUT2D eigenvalue weighted by atomic mass is 32.2. The summed E-state index contributed by atoms with van der Waals surface area (Å²) in [5, 5.41) is 17.0. The molecule has 0 amide bonds. The third kappa shape index (κ3) is 21.3. The number of aliphatic carboxylic acids is 2. The van der Waals surface area contributed by atoms with E-state index in [0.29, 0.717) is 23.0 Å². The molecule has 2 unspecified atom stereocenters. The average molecular weight is 393 g/mol. The van der Waals surface area contributed by atoms with Crippen molar-refractivity contribution < 1.29 is 19.8 Å². The molecule has 0 heterocycles. The number of thioether (sulfide) groups is 1. The van der Waals surface area contributed by atoms with Crippen LogP contribution in [0.3, 0.4) is 0 Å². The van der Waals surface area contributed by atoms with Gasteiger partial charge in [0.25, 0.3) is 0 Å². The van der Waals surface area contributed by atoms with E-state index in [0.717, 1.165) is 31.4 Å². The molecule has 0 aliphatic rings. The van der Waals surface area contributed by atoms with Crippen LogP contribution in [0.25, 0.3) is 0 Å². The number of carboxylic acid groups (broad SMARTS) is 2. The molecule has 0 fully saturated rings. The molecule has 6 N–H and O–H groups in total. The van der Waals surface area contributed by atoms with Crippen molar-refractivity contribution in [2.24, 2.45) is 22.3 Å². The zero-order chi connectivity index (χ0) is 21.0. The van der Waals surface area contributed by atoms with Crippen molar-refractivity contribution in [3.63, 3.8) is 0 Å². The molecular formula is C19H40N2O4S. The monoisotopic (exact) mass is 392 g/mol. The van der Waals surface area contributed by atoms with E-state index in [4.69, 9.17) is 21.7 Å². The SMILES string of the molecule is CC(C)(C)CCCCC(N)C(=O)O.CC(C)(C)CCSCC(N)C(=O)O. The number of carboxylic acids is 2. The third-order valence-corrected chi connectivity index (χ3v) is 4.71. The lowest BCUT2D eigenvalue weighted by Gasteiger charge is -2.17. The van der Waals surface area contributed by atoms with E-state index >= 15 is 0 Å². The first kappa shape index (κ1) is 27.4. The van der Waals surface area contributed by atoms with E-state index in [9.17, 15) is 9.59 Å². The van der Waals surface area contributed by atoms with Crippen LogP contribution < -0.4 is 11.5 Å². The van der Waals surface area contributed by atoms with Crippen molar-refractivity contribution in [3.05, 3.63) is 0 Å². The highest BCUT2D eigenvalue weighted by Gasteiger charge is 2.14. The summed E-state index contributed by atoms with van der Waals surface area (Å²) in [6, 6.07) is -1.40. The summed E-state index contributed by atoms with van der Waals surface area (Å²) < 4.78 is 0. The summed E-state index contributed by atoms with van der Waals surface area (Å²) in [4.78, 5) is 20.7. The minimum atomic E-state index is -0.914. The third-order valence-electron chi connectivity index (χ3n) is 3.62. The predicted octanol–water partition coefficient (Wildman–Crippen LogP) is 3.57. The van der Waals surface area contributed by atoms with Gasteiger partial charge in [-0.1, -0.05) is 54.4 Å². The molecule has 6 nitrogen and oxygen atoms in total. The molecule has 0 aliphatic heterocycles. The van der Waals surface area contributed by atoms with Gasteiger partial charge in [0, 0.05) is 5.75 Å². The van der Waals surface area contributed by atoms with E-state index < -0.39 is 24.0 Å². The molecule has 0 saturated heterocycles. The standard InChI is InChI=1S/C10H21NO2.C9H19NO2S/c1-10(2,3)7-5-4-6-8(11)9(12)13;1-9(2,3)4-5-13-6-7(10)8(11)12/h8H,4-7,11H2,1-3H3,(H,12,13);7H,4-6,10H2,1-3H3,(H,11,12). The smallest absolute Gasteiger partial charge is 0.321 e. The van der Waals surface area contributed by atoms with Crippen molar-refractivity contribution >= 4 is 23.7 Å². The van der Waals surface area contributed by atoms with Gasteiger partial charge in [0.1, 0.15) is 12.1 Å². The van der Waals surface area contributed by atoms with Crippen LogP contribution in [0.4, 0.5) is 0 Å². The van der Waals surface area contributed by atoms with Gasteiger partial charge in [0.2, 0.25) is 0 Å². The lowest BCUT2D eigenvalue weighted by atomic mass is 9.89. The second-order valence-corrected chi connectivity index (χ2v) is 10.2. The van der Waals surface area contributed by atoms with E-state index in [1.165, 1.54) is 0 Å². The summed E-state index contributed by atoms with van der Waals surface area (Å²) in [5.74, 6) is -0.324. The fraction of sp³-hybridized carbons (Fsp3) is 0.895. The molecule has 0 rings (SSSR count). The number of carbonyl (C=O) groups is 2. The van der Waals surface area contributed by atoms with Crippen LogP contribution in [0.2, 0.25) is 0 Å². The maximum atomic E-state index is 10.4. The Bertz CT molecular complexity index is 365. The highest BCUT2D eigenvalue weighted by molar-refractivity contribution is 7.99. The molecular weight excluding hydrogens is 352 g/mol. The molecule has 0 aromatic heterocycles. The summed E-state index contributed by atoms with van der Waals surface area (Å²) in [6.45, 7) is 13.1. The predicted molar refractivity (Wildman–Crippen MR) is 111 cm³/mol. The molecule has 26 heavy (non-hydrogen) atoms. The van der Waals surface area contributed by atoms with Crippen LogP contribution >= 0.6 is 11.8 Å². The molecule has 0 aromatic carbocycles. The normalized spacial score (nSPS) is 14.2. The first-order valence-electron chi connectivity index (χ1n) is 9.20. The van der Waals surface area contributed by atoms with Crippen molar-refractivity contribution in [2.75, 3.05) is 11.5 Å². The van der Waals surface area contributed by atoms with Gasteiger partial charge >= 0.3 is 11.9 Å². The Kier molecular flexibility index (Phi) is 14.1. The molecule has 0 radical (unpaired) electrons. The summed E-state index contributed by atoms with van der Waals surface area (Å²) in [6.07, 6.45) is 4.77. The molecule has 0 saturated carbocycles. The van der Waals surface area contributed by atoms with Crippen LogP contribution in [0, 0.1) is 10.8 Å². The highest BCUT2D eigenvalue weighted by Crippen LogP contribution is 2.22. The van der Waals surface area contributed by atoms with E-state index in [1.54, 1.807) is 11.8 Å². The van der Waals surface area contributed by atoms with Crippen LogP contribution in [0.15, 0.2) is 0 Å². The zero-order valence-electron chi connectivity index (χ0n) is 17.4. The van der Waals surface area contributed by atoms with E-state index in [1.807, 2.05) is 0 Å². The summed E-state index contributed by atoms with van der Waals surface area (Å²) >= 11 is 1.61. The van der Waals surface area contributed by atoms with Gasteiger partial charge in [0.05, 0.1) is 0 Å². The quantitative estimate of drug-likeness (QED) is 0.418. The first-order chi connectivity index (χ1) is 11.7. The molecule has 0 spiro atoms. The topological polar surface area (TPSA) is 127 Å². The maximum absolute atomic E-state index is 10.4. The summed E-state index contributed by atoms with van der Waals surface area (Å²) in [7, 11) is 0. The minimum Gasteiger partial charge on any atom is -0.480 e. The van der Waals surface area contributed by atoms with Crippen LogP contribution in [-0.4, -0.2) is 45.7 Å². The lowest BCUT2D eigenvalue weighted by molar-refractivity contribution is -0.139. The number of hydrogen-bond donors (Lipinski definition) is 4. The summed E-state index contributed by atoms with van der Waals surface area (Å²) in [5.41, 5.74) is 11.4. The Labute approximate surface area is 163 Å². The maximum Gasteiger partial charge on any atom is 0.321 e. The molecule has 0 aliphatic carbocycles. The zero-order valence-corrected chi connectivity index (χ0v) is 18.2. The van der Waals surface area contributed by atoms with Gasteiger partial charge in [-0.3, -0.25) is 9.59 Å².